The highest BCUT2D eigenvalue weighted by Crippen LogP contribution is 2.56. The lowest BCUT2D eigenvalue weighted by molar-refractivity contribution is -0.701. The maximum absolute atomic E-state index is 12.8. The number of halogens is 2. The van der Waals surface area contributed by atoms with E-state index in [1.54, 1.807) is 12.4 Å². The molecule has 2 aromatic rings. The minimum Gasteiger partial charge on any atom is -1.00 e. The van der Waals surface area contributed by atoms with E-state index in [0.29, 0.717) is 13.2 Å². The molecule has 2 rings (SSSR count). The first kappa shape index (κ1) is 23.4. The van der Waals surface area contributed by atoms with Gasteiger partial charge in [0.05, 0.1) is 13.2 Å². The zero-order chi connectivity index (χ0) is 16.0. The van der Waals surface area contributed by atoms with E-state index in [0.717, 1.165) is 11.1 Å². The van der Waals surface area contributed by atoms with Gasteiger partial charge in [0, 0.05) is 31.5 Å². The van der Waals surface area contributed by atoms with Crippen molar-refractivity contribution in [2.45, 2.75) is 26.6 Å². The molecule has 1 atom stereocenters. The van der Waals surface area contributed by atoms with Gasteiger partial charge >= 0.3 is 7.60 Å². The molecule has 0 fully saturated rings. The van der Waals surface area contributed by atoms with Crippen molar-refractivity contribution in [1.82, 2.24) is 4.98 Å². The van der Waals surface area contributed by atoms with Gasteiger partial charge < -0.3 is 26.0 Å². The van der Waals surface area contributed by atoms with E-state index in [-0.39, 0.29) is 39.7 Å². The summed E-state index contributed by atoms with van der Waals surface area (Å²) < 4.78 is 25.5. The standard InChI is InChI=1S/C16H22N2O3P.2BrH/c1-4-20-22(19,21-5-2)14(3)18-12-8-16(9-13-18)15-6-10-17-11-7-15;;/h6-14H,4-5H2,1-3H3;2*1H/q+1;;/p-1. The van der Waals surface area contributed by atoms with Crippen LogP contribution in [-0.2, 0) is 13.6 Å². The molecular formula is C16H23Br2N2O3P. The summed E-state index contributed by atoms with van der Waals surface area (Å²) in [7, 11) is -3.17. The van der Waals surface area contributed by atoms with Crippen LogP contribution in [0.2, 0.25) is 0 Å². The summed E-state index contributed by atoms with van der Waals surface area (Å²) in [5.74, 6) is -0.376. The maximum atomic E-state index is 12.8. The summed E-state index contributed by atoms with van der Waals surface area (Å²) in [6.45, 7) is 6.19. The predicted octanol–water partition coefficient (Wildman–Crippen LogP) is 1.40. The Balaban J connectivity index is 0.00000264. The van der Waals surface area contributed by atoms with Crippen LogP contribution in [-0.4, -0.2) is 18.2 Å². The van der Waals surface area contributed by atoms with Gasteiger partial charge in [0.2, 0.25) is 0 Å². The molecule has 0 aromatic carbocycles. The smallest absolute Gasteiger partial charge is 0.397 e. The Bertz CT molecular complexity index is 632. The first-order valence-electron chi connectivity index (χ1n) is 7.40. The molecule has 0 aliphatic heterocycles. The SMILES string of the molecule is Br.CCOP(=O)(OCC)C(C)[n+]1ccc(-c2ccncc2)cc1.[Br-]. The molecule has 0 amide bonds. The molecule has 0 saturated heterocycles. The Hall–Kier alpha value is -0.590. The minimum atomic E-state index is -3.17. The number of pyridine rings is 2. The highest BCUT2D eigenvalue weighted by Gasteiger charge is 2.39. The van der Waals surface area contributed by atoms with Crippen LogP contribution in [0.1, 0.15) is 26.6 Å². The molecule has 5 nitrogen and oxygen atoms in total. The summed E-state index contributed by atoms with van der Waals surface area (Å²) in [5.41, 5.74) is 2.17. The average Bonchev–Trinajstić information content (AvgIpc) is 2.55. The molecule has 0 spiro atoms. The third-order valence-electron chi connectivity index (χ3n) is 3.37. The zero-order valence-electron chi connectivity index (χ0n) is 14.0. The molecular weight excluding hydrogens is 459 g/mol. The second kappa shape index (κ2) is 11.1. The third-order valence-corrected chi connectivity index (χ3v) is 5.79. The lowest BCUT2D eigenvalue weighted by Crippen LogP contribution is -3.00. The van der Waals surface area contributed by atoms with Crippen LogP contribution in [0, 0.1) is 0 Å². The molecule has 0 saturated carbocycles. The molecule has 0 N–H and O–H groups in total. The summed E-state index contributed by atoms with van der Waals surface area (Å²) in [4.78, 5) is 4.01. The van der Waals surface area contributed by atoms with Gasteiger partial charge in [0.1, 0.15) is 0 Å². The lowest BCUT2D eigenvalue weighted by atomic mass is 10.1. The fraction of sp³-hybridized carbons (Fsp3) is 0.375. The fourth-order valence-corrected chi connectivity index (χ4v) is 3.91. The lowest BCUT2D eigenvalue weighted by Gasteiger charge is -2.19. The summed E-state index contributed by atoms with van der Waals surface area (Å²) in [6, 6.07) is 7.87. The van der Waals surface area contributed by atoms with E-state index in [9.17, 15) is 4.57 Å². The molecule has 2 aromatic heterocycles. The van der Waals surface area contributed by atoms with Crippen LogP contribution in [0.3, 0.4) is 0 Å². The molecule has 0 bridgehead atoms. The van der Waals surface area contributed by atoms with Gasteiger partial charge in [-0.1, -0.05) is 0 Å². The van der Waals surface area contributed by atoms with Gasteiger partial charge in [0.15, 0.2) is 12.4 Å². The van der Waals surface area contributed by atoms with Crippen LogP contribution in [0.15, 0.2) is 49.1 Å². The fourth-order valence-electron chi connectivity index (χ4n) is 2.20. The molecule has 24 heavy (non-hydrogen) atoms. The number of hydrogen-bond donors (Lipinski definition) is 0. The predicted molar refractivity (Wildman–Crippen MR) is 95.8 cm³/mol. The Morgan fingerprint density at radius 2 is 1.50 bits per heavy atom. The van der Waals surface area contributed by atoms with Gasteiger partial charge in [-0.15, -0.1) is 17.0 Å². The van der Waals surface area contributed by atoms with Crippen molar-refractivity contribution >= 4 is 24.6 Å². The summed E-state index contributed by atoms with van der Waals surface area (Å²) in [6.07, 6.45) is 7.31. The molecule has 134 valence electrons. The van der Waals surface area contributed by atoms with Gasteiger partial charge in [-0.05, 0) is 37.1 Å². The van der Waals surface area contributed by atoms with Gasteiger partial charge in [-0.2, -0.15) is 4.57 Å². The van der Waals surface area contributed by atoms with Crippen molar-refractivity contribution in [3.8, 4) is 11.1 Å². The number of hydrogen-bond acceptors (Lipinski definition) is 4. The first-order chi connectivity index (χ1) is 10.6. The number of rotatable bonds is 7. The number of aromatic nitrogens is 2. The third kappa shape index (κ3) is 5.74. The van der Waals surface area contributed by atoms with E-state index >= 15 is 0 Å². The molecule has 0 radical (unpaired) electrons. The van der Waals surface area contributed by atoms with E-state index in [2.05, 4.69) is 4.98 Å². The van der Waals surface area contributed by atoms with E-state index in [4.69, 9.17) is 9.05 Å². The maximum Gasteiger partial charge on any atom is 0.397 e. The molecule has 0 aliphatic carbocycles. The van der Waals surface area contributed by atoms with Crippen LogP contribution < -0.4 is 21.5 Å². The Kier molecular flexibility index (Phi) is 10.8. The van der Waals surface area contributed by atoms with Crippen molar-refractivity contribution in [1.29, 1.82) is 0 Å². The normalized spacial score (nSPS) is 12.0. The van der Waals surface area contributed by atoms with Crippen LogP contribution in [0.4, 0.5) is 0 Å². The van der Waals surface area contributed by atoms with Gasteiger partial charge in [0.25, 0.3) is 5.78 Å². The Morgan fingerprint density at radius 1 is 1.04 bits per heavy atom. The average molecular weight is 482 g/mol. The quantitative estimate of drug-likeness (QED) is 0.443. The van der Waals surface area contributed by atoms with Crippen molar-refractivity contribution < 1.29 is 35.2 Å². The van der Waals surface area contributed by atoms with Gasteiger partial charge in [-0.25, -0.2) is 0 Å². The molecule has 0 aliphatic rings. The largest absolute Gasteiger partial charge is 1.00 e. The monoisotopic (exact) mass is 480 g/mol. The second-order valence-electron chi connectivity index (χ2n) is 4.78. The van der Waals surface area contributed by atoms with E-state index in [1.807, 2.05) is 62.0 Å². The minimum absolute atomic E-state index is 0. The summed E-state index contributed by atoms with van der Waals surface area (Å²) >= 11 is 0. The highest BCUT2D eigenvalue weighted by molar-refractivity contribution is 8.93. The van der Waals surface area contributed by atoms with Crippen LogP contribution in [0.25, 0.3) is 11.1 Å². The molecule has 2 heterocycles. The van der Waals surface area contributed by atoms with E-state index < -0.39 is 7.60 Å². The first-order valence-corrected chi connectivity index (χ1v) is 9.02. The van der Waals surface area contributed by atoms with E-state index in [1.165, 1.54) is 0 Å². The van der Waals surface area contributed by atoms with Crippen molar-refractivity contribution in [3.05, 3.63) is 49.1 Å². The van der Waals surface area contributed by atoms with Crippen molar-refractivity contribution in [2.75, 3.05) is 13.2 Å². The Labute approximate surface area is 164 Å². The van der Waals surface area contributed by atoms with Crippen molar-refractivity contribution in [2.24, 2.45) is 0 Å². The zero-order valence-corrected chi connectivity index (χ0v) is 18.2. The van der Waals surface area contributed by atoms with Gasteiger partial charge in [-0.3, -0.25) is 9.55 Å². The van der Waals surface area contributed by atoms with Crippen LogP contribution >= 0.6 is 24.6 Å². The molecule has 1 unspecified atom stereocenters. The Morgan fingerprint density at radius 3 is 1.96 bits per heavy atom. The van der Waals surface area contributed by atoms with Crippen molar-refractivity contribution in [3.63, 3.8) is 0 Å². The second-order valence-corrected chi connectivity index (χ2v) is 7.12. The highest BCUT2D eigenvalue weighted by atomic mass is 79.9. The summed E-state index contributed by atoms with van der Waals surface area (Å²) in [5, 5.41) is 0. The molecule has 8 heteroatoms. The van der Waals surface area contributed by atoms with Crippen LogP contribution in [0.5, 0.6) is 0 Å². The number of nitrogens with zero attached hydrogens (tertiary/aromatic N) is 2. The topological polar surface area (TPSA) is 52.3 Å².